The maximum absolute atomic E-state index is 13.0. The summed E-state index contributed by atoms with van der Waals surface area (Å²) in [5.74, 6) is -1.26. The molecule has 0 radical (unpaired) electrons. The molecule has 33 heavy (non-hydrogen) atoms. The summed E-state index contributed by atoms with van der Waals surface area (Å²) in [6, 6.07) is 19.6. The fourth-order valence-electron chi connectivity index (χ4n) is 3.97. The number of amides is 3. The lowest BCUT2D eigenvalue weighted by atomic mass is 10.1. The molecule has 0 bridgehead atoms. The summed E-state index contributed by atoms with van der Waals surface area (Å²) >= 11 is 5.93. The molecular weight excluding hydrogens is 438 g/mol. The molecule has 1 fully saturated rings. The van der Waals surface area contributed by atoms with E-state index in [1.807, 2.05) is 32.0 Å². The molecule has 1 aliphatic rings. The van der Waals surface area contributed by atoms with Crippen LogP contribution in [0.3, 0.4) is 0 Å². The lowest BCUT2D eigenvalue weighted by Crippen LogP contribution is -2.28. The Balaban J connectivity index is 1.49. The van der Waals surface area contributed by atoms with Gasteiger partial charge in [0.05, 0.1) is 17.2 Å². The number of carbonyl (C=O) groups excluding carboxylic acids is 3. The Morgan fingerprint density at radius 3 is 2.27 bits per heavy atom. The zero-order valence-corrected chi connectivity index (χ0v) is 19.1. The number of halogens is 1. The van der Waals surface area contributed by atoms with Crippen molar-refractivity contribution in [3.05, 3.63) is 88.4 Å². The molecule has 3 amide bonds. The van der Waals surface area contributed by atoms with Crippen molar-refractivity contribution in [2.24, 2.45) is 5.92 Å². The molecule has 1 aliphatic heterocycles. The van der Waals surface area contributed by atoms with Crippen LogP contribution in [0.5, 0.6) is 0 Å². The molecule has 1 heterocycles. The maximum Gasteiger partial charge on any atom is 0.257 e. The second kappa shape index (κ2) is 9.46. The number of anilines is 3. The molecule has 7 heteroatoms. The zero-order chi connectivity index (χ0) is 23.5. The molecule has 2 N–H and O–H groups in total. The first kappa shape index (κ1) is 22.6. The van der Waals surface area contributed by atoms with Gasteiger partial charge in [0.1, 0.15) is 0 Å². The van der Waals surface area contributed by atoms with E-state index in [9.17, 15) is 14.4 Å². The molecule has 0 unspecified atom stereocenters. The quantitative estimate of drug-likeness (QED) is 0.548. The Bertz CT molecular complexity index is 1200. The molecule has 168 valence electrons. The summed E-state index contributed by atoms with van der Waals surface area (Å²) in [5.41, 5.74) is 4.13. The van der Waals surface area contributed by atoms with E-state index < -0.39 is 5.92 Å². The summed E-state index contributed by atoms with van der Waals surface area (Å²) in [5, 5.41) is 6.38. The van der Waals surface area contributed by atoms with E-state index >= 15 is 0 Å². The van der Waals surface area contributed by atoms with Gasteiger partial charge in [0.15, 0.2) is 0 Å². The zero-order valence-electron chi connectivity index (χ0n) is 18.4. The minimum Gasteiger partial charge on any atom is -0.325 e. The highest BCUT2D eigenvalue weighted by atomic mass is 35.5. The van der Waals surface area contributed by atoms with Gasteiger partial charge in [0.25, 0.3) is 5.91 Å². The molecule has 1 atom stereocenters. The summed E-state index contributed by atoms with van der Waals surface area (Å²) in [4.78, 5) is 40.1. The SMILES string of the molecule is Cc1cccc(C)c1NC(=O)c1ccccc1NC(=O)[C@H]1CC(=O)N(c2ccc(Cl)cc2)C1. The van der Waals surface area contributed by atoms with Gasteiger partial charge in [-0.15, -0.1) is 0 Å². The van der Waals surface area contributed by atoms with Crippen LogP contribution in [0.15, 0.2) is 66.7 Å². The van der Waals surface area contributed by atoms with Gasteiger partial charge in [-0.3, -0.25) is 14.4 Å². The number of hydrogen-bond acceptors (Lipinski definition) is 3. The van der Waals surface area contributed by atoms with Crippen LogP contribution < -0.4 is 15.5 Å². The van der Waals surface area contributed by atoms with Crippen LogP contribution in [-0.4, -0.2) is 24.3 Å². The van der Waals surface area contributed by atoms with Crippen molar-refractivity contribution < 1.29 is 14.4 Å². The van der Waals surface area contributed by atoms with Gasteiger partial charge in [-0.1, -0.05) is 41.9 Å². The number of hydrogen-bond donors (Lipinski definition) is 2. The van der Waals surface area contributed by atoms with E-state index in [-0.39, 0.29) is 30.7 Å². The summed E-state index contributed by atoms with van der Waals surface area (Å²) in [7, 11) is 0. The number of carbonyl (C=O) groups is 3. The van der Waals surface area contributed by atoms with Gasteiger partial charge >= 0.3 is 0 Å². The second-order valence-corrected chi connectivity index (χ2v) is 8.57. The standard InChI is InChI=1S/C26H24ClN3O3/c1-16-6-5-7-17(2)24(16)29-26(33)21-8-3-4-9-22(21)28-25(32)18-14-23(31)30(15-18)20-12-10-19(27)11-13-20/h3-13,18H,14-15H2,1-2H3,(H,28,32)(H,29,33)/t18-/m0/s1. The van der Waals surface area contributed by atoms with E-state index in [0.29, 0.717) is 22.0 Å². The van der Waals surface area contributed by atoms with Crippen molar-refractivity contribution in [2.45, 2.75) is 20.3 Å². The minimum absolute atomic E-state index is 0.102. The number of rotatable bonds is 5. The van der Waals surface area contributed by atoms with Gasteiger partial charge in [0.2, 0.25) is 11.8 Å². The Labute approximate surface area is 197 Å². The van der Waals surface area contributed by atoms with Gasteiger partial charge in [-0.05, 0) is 61.4 Å². The molecule has 4 rings (SSSR count). The number of para-hydroxylation sites is 2. The normalized spacial score (nSPS) is 15.4. The third kappa shape index (κ3) is 4.91. The van der Waals surface area contributed by atoms with E-state index in [2.05, 4.69) is 10.6 Å². The molecule has 1 saturated heterocycles. The Kier molecular flexibility index (Phi) is 6.47. The first-order valence-electron chi connectivity index (χ1n) is 10.7. The van der Waals surface area contributed by atoms with Gasteiger partial charge in [0, 0.05) is 29.4 Å². The second-order valence-electron chi connectivity index (χ2n) is 8.14. The maximum atomic E-state index is 13.0. The van der Waals surface area contributed by atoms with Crippen LogP contribution in [0.25, 0.3) is 0 Å². The highest BCUT2D eigenvalue weighted by Gasteiger charge is 2.35. The molecule has 3 aromatic rings. The molecule has 0 aliphatic carbocycles. The Morgan fingerprint density at radius 2 is 1.58 bits per heavy atom. The molecule has 0 spiro atoms. The molecular formula is C26H24ClN3O3. The number of nitrogens with zero attached hydrogens (tertiary/aromatic N) is 1. The first-order chi connectivity index (χ1) is 15.8. The molecule has 3 aromatic carbocycles. The highest BCUT2D eigenvalue weighted by Crippen LogP contribution is 2.28. The van der Waals surface area contributed by atoms with Crippen molar-refractivity contribution in [3.8, 4) is 0 Å². The van der Waals surface area contributed by atoms with Crippen molar-refractivity contribution in [2.75, 3.05) is 22.1 Å². The predicted octanol–water partition coefficient (Wildman–Crippen LogP) is 5.20. The Morgan fingerprint density at radius 1 is 0.909 bits per heavy atom. The fraction of sp³-hybridized carbons (Fsp3) is 0.192. The predicted molar refractivity (Wildman–Crippen MR) is 131 cm³/mol. The van der Waals surface area contributed by atoms with Crippen LogP contribution in [0, 0.1) is 19.8 Å². The third-order valence-electron chi connectivity index (χ3n) is 5.78. The lowest BCUT2D eigenvalue weighted by Gasteiger charge is -2.17. The van der Waals surface area contributed by atoms with Crippen molar-refractivity contribution >= 4 is 46.4 Å². The van der Waals surface area contributed by atoms with Crippen molar-refractivity contribution in [3.63, 3.8) is 0 Å². The number of benzene rings is 3. The van der Waals surface area contributed by atoms with Crippen molar-refractivity contribution in [1.29, 1.82) is 0 Å². The monoisotopic (exact) mass is 461 g/mol. The van der Waals surface area contributed by atoms with E-state index in [1.165, 1.54) is 0 Å². The lowest BCUT2D eigenvalue weighted by molar-refractivity contribution is -0.122. The largest absolute Gasteiger partial charge is 0.325 e. The molecule has 6 nitrogen and oxygen atoms in total. The van der Waals surface area contributed by atoms with E-state index in [0.717, 1.165) is 16.8 Å². The fourth-order valence-corrected chi connectivity index (χ4v) is 4.10. The average molecular weight is 462 g/mol. The highest BCUT2D eigenvalue weighted by molar-refractivity contribution is 6.30. The summed E-state index contributed by atoms with van der Waals surface area (Å²) in [6.45, 7) is 4.13. The van der Waals surface area contributed by atoms with Gasteiger partial charge < -0.3 is 15.5 Å². The van der Waals surface area contributed by atoms with Crippen LogP contribution in [0.2, 0.25) is 5.02 Å². The molecule has 0 saturated carbocycles. The smallest absolute Gasteiger partial charge is 0.257 e. The van der Waals surface area contributed by atoms with Crippen LogP contribution in [0.4, 0.5) is 17.1 Å². The van der Waals surface area contributed by atoms with E-state index in [1.54, 1.807) is 53.4 Å². The minimum atomic E-state index is -0.525. The van der Waals surface area contributed by atoms with Gasteiger partial charge in [-0.25, -0.2) is 0 Å². The first-order valence-corrected chi connectivity index (χ1v) is 11.0. The summed E-state index contributed by atoms with van der Waals surface area (Å²) < 4.78 is 0. The Hall–Kier alpha value is -3.64. The topological polar surface area (TPSA) is 78.5 Å². The van der Waals surface area contributed by atoms with Gasteiger partial charge in [-0.2, -0.15) is 0 Å². The van der Waals surface area contributed by atoms with Crippen molar-refractivity contribution in [1.82, 2.24) is 0 Å². The number of aryl methyl sites for hydroxylation is 2. The molecule has 0 aromatic heterocycles. The van der Waals surface area contributed by atoms with Crippen LogP contribution >= 0.6 is 11.6 Å². The summed E-state index contributed by atoms with van der Waals surface area (Å²) in [6.07, 6.45) is 0.102. The third-order valence-corrected chi connectivity index (χ3v) is 6.04. The number of nitrogens with one attached hydrogen (secondary N) is 2. The average Bonchev–Trinajstić information content (AvgIpc) is 3.19. The van der Waals surface area contributed by atoms with Crippen LogP contribution in [0.1, 0.15) is 27.9 Å². The van der Waals surface area contributed by atoms with E-state index in [4.69, 9.17) is 11.6 Å². The van der Waals surface area contributed by atoms with Crippen LogP contribution in [-0.2, 0) is 9.59 Å².